The van der Waals surface area contributed by atoms with E-state index >= 15 is 0 Å². The monoisotopic (exact) mass is 284 g/mol. The molecule has 0 atom stereocenters. The minimum absolute atomic E-state index is 0.171. The topological polar surface area (TPSA) is 57.5 Å². The van der Waals surface area contributed by atoms with Crippen LogP contribution < -0.4 is 0 Å². The molecule has 1 saturated carbocycles. The van der Waals surface area contributed by atoms with Gasteiger partial charge >= 0.3 is 5.97 Å². The lowest BCUT2D eigenvalue weighted by Crippen LogP contribution is -2.36. The van der Waals surface area contributed by atoms with Crippen LogP contribution in [0.3, 0.4) is 0 Å². The fraction of sp³-hybridized carbons (Fsp3) is 0.417. The van der Waals surface area contributed by atoms with E-state index in [-0.39, 0.29) is 17.6 Å². The molecule has 0 bridgehead atoms. The molecular formula is C12H13BrO3. The zero-order valence-corrected chi connectivity index (χ0v) is 10.3. The maximum Gasteiger partial charge on any atom is 0.304 e. The Morgan fingerprint density at radius 2 is 2.12 bits per heavy atom. The molecule has 2 N–H and O–H groups in total. The summed E-state index contributed by atoms with van der Waals surface area (Å²) in [4.78, 5) is 10.9. The van der Waals surface area contributed by atoms with Gasteiger partial charge < -0.3 is 10.2 Å². The number of carboxylic acid groups (broad SMARTS) is 1. The lowest BCUT2D eigenvalue weighted by molar-refractivity contribution is -0.139. The normalized spacial score (nSPS) is 17.8. The molecule has 0 saturated heterocycles. The van der Waals surface area contributed by atoms with Crippen molar-refractivity contribution in [1.82, 2.24) is 0 Å². The van der Waals surface area contributed by atoms with Gasteiger partial charge in [0, 0.05) is 5.41 Å². The van der Waals surface area contributed by atoms with Crippen LogP contribution in [0.2, 0.25) is 0 Å². The van der Waals surface area contributed by atoms with Gasteiger partial charge in [-0.15, -0.1) is 0 Å². The minimum Gasteiger partial charge on any atom is -0.507 e. The predicted octanol–water partition coefficient (Wildman–Crippen LogP) is 3.05. The molecule has 1 aromatic rings. The summed E-state index contributed by atoms with van der Waals surface area (Å²) < 4.78 is 0.627. The summed E-state index contributed by atoms with van der Waals surface area (Å²) in [5.41, 5.74) is 0.785. The van der Waals surface area contributed by atoms with E-state index in [4.69, 9.17) is 5.11 Å². The maximum atomic E-state index is 10.9. The first-order valence-corrected chi connectivity index (χ1v) is 6.04. The van der Waals surface area contributed by atoms with Crippen molar-refractivity contribution in [3.63, 3.8) is 0 Å². The zero-order chi connectivity index (χ0) is 11.8. The Kier molecular flexibility index (Phi) is 2.93. The quantitative estimate of drug-likeness (QED) is 0.897. The molecule has 2 rings (SSSR count). The summed E-state index contributed by atoms with van der Waals surface area (Å²) in [5.74, 6) is -0.572. The molecule has 0 aliphatic heterocycles. The highest BCUT2D eigenvalue weighted by Crippen LogP contribution is 2.47. The fourth-order valence-corrected chi connectivity index (χ4v) is 2.68. The van der Waals surface area contributed by atoms with Crippen LogP contribution in [-0.2, 0) is 10.2 Å². The molecule has 0 amide bonds. The molecule has 1 aliphatic rings. The first-order chi connectivity index (χ1) is 7.53. The van der Waals surface area contributed by atoms with Crippen molar-refractivity contribution in [2.24, 2.45) is 0 Å². The summed E-state index contributed by atoms with van der Waals surface area (Å²) >= 11 is 3.26. The van der Waals surface area contributed by atoms with Crippen LogP contribution in [0, 0.1) is 0 Å². The second kappa shape index (κ2) is 4.09. The van der Waals surface area contributed by atoms with Gasteiger partial charge in [-0.05, 0) is 46.5 Å². The summed E-state index contributed by atoms with van der Waals surface area (Å²) in [5, 5.41) is 18.4. The first kappa shape index (κ1) is 11.5. The third-order valence-electron chi connectivity index (χ3n) is 3.36. The van der Waals surface area contributed by atoms with Gasteiger partial charge in [-0.25, -0.2) is 0 Å². The number of benzene rings is 1. The van der Waals surface area contributed by atoms with E-state index in [1.54, 1.807) is 6.07 Å². The van der Waals surface area contributed by atoms with Gasteiger partial charge in [0.05, 0.1) is 10.9 Å². The van der Waals surface area contributed by atoms with E-state index in [0.717, 1.165) is 24.8 Å². The Morgan fingerprint density at radius 1 is 1.44 bits per heavy atom. The number of carboxylic acids is 1. The highest BCUT2D eigenvalue weighted by atomic mass is 79.9. The van der Waals surface area contributed by atoms with Crippen molar-refractivity contribution in [3.05, 3.63) is 28.2 Å². The molecule has 0 radical (unpaired) electrons. The summed E-state index contributed by atoms with van der Waals surface area (Å²) in [6.07, 6.45) is 3.07. The fourth-order valence-electron chi connectivity index (χ4n) is 2.30. The molecule has 86 valence electrons. The van der Waals surface area contributed by atoms with Crippen molar-refractivity contribution in [3.8, 4) is 5.75 Å². The van der Waals surface area contributed by atoms with E-state index < -0.39 is 5.97 Å². The number of rotatable bonds is 3. The molecule has 16 heavy (non-hydrogen) atoms. The van der Waals surface area contributed by atoms with Crippen molar-refractivity contribution < 1.29 is 15.0 Å². The molecule has 0 heterocycles. The van der Waals surface area contributed by atoms with Crippen molar-refractivity contribution in [1.29, 1.82) is 0 Å². The van der Waals surface area contributed by atoms with Crippen LogP contribution in [0.1, 0.15) is 31.2 Å². The van der Waals surface area contributed by atoms with Crippen molar-refractivity contribution in [2.75, 3.05) is 0 Å². The van der Waals surface area contributed by atoms with E-state index in [2.05, 4.69) is 15.9 Å². The van der Waals surface area contributed by atoms with Crippen LogP contribution in [0.15, 0.2) is 22.7 Å². The largest absolute Gasteiger partial charge is 0.507 e. The van der Waals surface area contributed by atoms with E-state index in [1.165, 1.54) is 0 Å². The van der Waals surface area contributed by atoms with Gasteiger partial charge in [-0.3, -0.25) is 4.79 Å². The average Bonchev–Trinajstić information content (AvgIpc) is 2.16. The van der Waals surface area contributed by atoms with E-state index in [0.29, 0.717) is 4.47 Å². The Hall–Kier alpha value is -1.03. The highest BCUT2D eigenvalue weighted by Gasteiger charge is 2.40. The van der Waals surface area contributed by atoms with Gasteiger partial charge in [0.1, 0.15) is 5.75 Å². The lowest BCUT2D eigenvalue weighted by atomic mass is 9.62. The Morgan fingerprint density at radius 3 is 2.56 bits per heavy atom. The minimum atomic E-state index is -0.760. The predicted molar refractivity (Wildman–Crippen MR) is 63.6 cm³/mol. The van der Waals surface area contributed by atoms with Gasteiger partial charge in [-0.2, -0.15) is 0 Å². The summed E-state index contributed by atoms with van der Waals surface area (Å²) in [7, 11) is 0. The number of phenolic OH excluding ortho intramolecular Hbond substituents is 1. The number of hydrogen-bond acceptors (Lipinski definition) is 2. The standard InChI is InChI=1S/C12H13BrO3/c13-9-6-8(2-3-10(9)14)12(4-1-5-12)7-11(15)16/h2-3,6,14H,1,4-5,7H2,(H,15,16). The zero-order valence-electron chi connectivity index (χ0n) is 8.74. The highest BCUT2D eigenvalue weighted by molar-refractivity contribution is 9.10. The smallest absolute Gasteiger partial charge is 0.304 e. The molecule has 0 aromatic heterocycles. The van der Waals surface area contributed by atoms with Crippen LogP contribution in [-0.4, -0.2) is 16.2 Å². The van der Waals surface area contributed by atoms with E-state index in [9.17, 15) is 9.90 Å². The third kappa shape index (κ3) is 1.94. The Bertz CT molecular complexity index is 424. The van der Waals surface area contributed by atoms with Crippen molar-refractivity contribution in [2.45, 2.75) is 31.1 Å². The van der Waals surface area contributed by atoms with Crippen molar-refractivity contribution >= 4 is 21.9 Å². The molecule has 3 nitrogen and oxygen atoms in total. The average molecular weight is 285 g/mol. The third-order valence-corrected chi connectivity index (χ3v) is 4.00. The molecule has 0 unspecified atom stereocenters. The number of carbonyl (C=O) groups is 1. The summed E-state index contributed by atoms with van der Waals surface area (Å²) in [6.45, 7) is 0. The van der Waals surface area contributed by atoms with Gasteiger partial charge in [0.15, 0.2) is 0 Å². The molecular weight excluding hydrogens is 272 g/mol. The Labute approximate surface area is 102 Å². The number of aromatic hydroxyl groups is 1. The Balaban J connectivity index is 2.33. The van der Waals surface area contributed by atoms with Crippen LogP contribution >= 0.6 is 15.9 Å². The number of halogens is 1. The van der Waals surface area contributed by atoms with Crippen LogP contribution in [0.25, 0.3) is 0 Å². The van der Waals surface area contributed by atoms with E-state index in [1.807, 2.05) is 12.1 Å². The first-order valence-electron chi connectivity index (χ1n) is 5.24. The van der Waals surface area contributed by atoms with Gasteiger partial charge in [-0.1, -0.05) is 12.5 Å². The molecule has 4 heteroatoms. The summed E-state index contributed by atoms with van der Waals surface area (Å²) in [6, 6.07) is 5.26. The molecule has 0 spiro atoms. The molecule has 1 aromatic carbocycles. The maximum absolute atomic E-state index is 10.9. The second-order valence-electron chi connectivity index (χ2n) is 4.37. The number of phenols is 1. The van der Waals surface area contributed by atoms with Gasteiger partial charge in [0.2, 0.25) is 0 Å². The molecule has 1 fully saturated rings. The second-order valence-corrected chi connectivity index (χ2v) is 5.22. The lowest BCUT2D eigenvalue weighted by Gasteiger charge is -2.41. The molecule has 1 aliphatic carbocycles. The van der Waals surface area contributed by atoms with Gasteiger partial charge in [0.25, 0.3) is 0 Å². The van der Waals surface area contributed by atoms with Crippen LogP contribution in [0.4, 0.5) is 0 Å². The number of aliphatic carboxylic acids is 1. The number of hydrogen-bond donors (Lipinski definition) is 2. The SMILES string of the molecule is O=C(O)CC1(c2ccc(O)c(Br)c2)CCC1. The van der Waals surface area contributed by atoms with Crippen LogP contribution in [0.5, 0.6) is 5.75 Å².